The van der Waals surface area contributed by atoms with Crippen LogP contribution in [0.4, 0.5) is 0 Å². The van der Waals surface area contributed by atoms with E-state index in [1.54, 1.807) is 0 Å². The molecule has 5 saturated carbocycles. The Bertz CT molecular complexity index is 516. The molecule has 5 rings (SSSR count). The number of fused-ring (bicyclic) bond motifs is 3. The maximum Gasteiger partial charge on any atom is 0.137 e. The summed E-state index contributed by atoms with van der Waals surface area (Å²) >= 11 is 0. The molecule has 0 aromatic carbocycles. The van der Waals surface area contributed by atoms with E-state index in [1.165, 1.54) is 77.0 Å². The summed E-state index contributed by atoms with van der Waals surface area (Å²) in [5, 5.41) is 0. The minimum Gasteiger partial charge on any atom is -0.299 e. The van der Waals surface area contributed by atoms with Crippen LogP contribution in [0.1, 0.15) is 89.9 Å². The summed E-state index contributed by atoms with van der Waals surface area (Å²) in [6, 6.07) is 0. The van der Waals surface area contributed by atoms with Gasteiger partial charge in [0, 0.05) is 24.7 Å². The predicted molar refractivity (Wildman–Crippen MR) is 93.5 cm³/mol. The number of ketones is 2. The SMILES string of the molecule is O=C1CC2CCCCCC3(C2)C1C1C(=O)CC2CCCCCC13C2. The van der Waals surface area contributed by atoms with Crippen molar-refractivity contribution < 1.29 is 9.59 Å². The molecule has 6 atom stereocenters. The van der Waals surface area contributed by atoms with Gasteiger partial charge in [0.2, 0.25) is 0 Å². The molecule has 2 spiro atoms. The normalized spacial score (nSPS) is 51.2. The summed E-state index contributed by atoms with van der Waals surface area (Å²) in [6.45, 7) is 0. The minimum absolute atomic E-state index is 0.125. The Morgan fingerprint density at radius 2 is 1.08 bits per heavy atom. The predicted octanol–water partition coefficient (Wildman–Crippen LogP) is 5.09. The Kier molecular flexibility index (Phi) is 3.52. The number of carbonyl (C=O) groups excluding carboxylic acids is 2. The van der Waals surface area contributed by atoms with Gasteiger partial charge in [0.15, 0.2) is 0 Å². The maximum absolute atomic E-state index is 13.1. The first-order valence-corrected chi connectivity index (χ1v) is 10.7. The zero-order chi connectivity index (χ0) is 16.4. The largest absolute Gasteiger partial charge is 0.299 e. The van der Waals surface area contributed by atoms with E-state index >= 15 is 0 Å². The Balaban J connectivity index is 1.60. The highest BCUT2D eigenvalue weighted by Gasteiger charge is 2.76. The third kappa shape index (κ3) is 1.89. The molecular weight excluding hydrogens is 296 g/mol. The standard InChI is InChI=1S/C22H32O2/c23-17-11-15-7-3-1-5-9-21(13-15)19(17)20-18(24)12-16-8-4-2-6-10-22(20,21)14-16/h15-16,19-20H,1-14H2. The van der Waals surface area contributed by atoms with Crippen LogP contribution in [0.2, 0.25) is 0 Å². The Morgan fingerprint density at radius 3 is 1.54 bits per heavy atom. The third-order valence-electron chi connectivity index (χ3n) is 8.97. The van der Waals surface area contributed by atoms with Gasteiger partial charge in [-0.3, -0.25) is 9.59 Å². The lowest BCUT2D eigenvalue weighted by Crippen LogP contribution is -2.74. The molecule has 2 nitrogen and oxygen atoms in total. The molecule has 5 aliphatic carbocycles. The Labute approximate surface area is 146 Å². The van der Waals surface area contributed by atoms with Gasteiger partial charge in [-0.1, -0.05) is 51.4 Å². The minimum atomic E-state index is 0.125. The number of hydrogen-bond acceptors (Lipinski definition) is 2. The average Bonchev–Trinajstić information content (AvgIpc) is 2.49. The fraction of sp³-hybridized carbons (Fsp3) is 0.909. The molecule has 132 valence electrons. The van der Waals surface area contributed by atoms with Gasteiger partial charge < -0.3 is 0 Å². The second-order valence-electron chi connectivity index (χ2n) is 9.95. The molecule has 0 amide bonds. The van der Waals surface area contributed by atoms with Crippen LogP contribution in [0.25, 0.3) is 0 Å². The first-order valence-electron chi connectivity index (χ1n) is 10.7. The molecule has 0 radical (unpaired) electrons. The van der Waals surface area contributed by atoms with Gasteiger partial charge in [0.1, 0.15) is 11.6 Å². The van der Waals surface area contributed by atoms with Crippen LogP contribution in [-0.4, -0.2) is 11.6 Å². The van der Waals surface area contributed by atoms with Gasteiger partial charge in [-0.25, -0.2) is 0 Å². The summed E-state index contributed by atoms with van der Waals surface area (Å²) in [4.78, 5) is 26.2. The molecule has 5 aliphatic rings. The fourth-order valence-corrected chi connectivity index (χ4v) is 8.33. The quantitative estimate of drug-likeness (QED) is 0.620. The second-order valence-corrected chi connectivity index (χ2v) is 9.95. The van der Waals surface area contributed by atoms with Crippen molar-refractivity contribution >= 4 is 11.6 Å². The topological polar surface area (TPSA) is 34.1 Å². The lowest BCUT2D eigenvalue weighted by Gasteiger charge is -2.74. The molecule has 0 aliphatic heterocycles. The van der Waals surface area contributed by atoms with E-state index in [-0.39, 0.29) is 22.7 Å². The lowest BCUT2D eigenvalue weighted by atomic mass is 9.28. The molecule has 0 aromatic rings. The van der Waals surface area contributed by atoms with Crippen molar-refractivity contribution in [3.05, 3.63) is 0 Å². The van der Waals surface area contributed by atoms with Crippen molar-refractivity contribution in [2.75, 3.05) is 0 Å². The molecule has 4 bridgehead atoms. The van der Waals surface area contributed by atoms with E-state index in [2.05, 4.69) is 0 Å². The molecule has 24 heavy (non-hydrogen) atoms. The van der Waals surface area contributed by atoms with Crippen molar-refractivity contribution in [1.82, 2.24) is 0 Å². The van der Waals surface area contributed by atoms with E-state index < -0.39 is 0 Å². The van der Waals surface area contributed by atoms with Gasteiger partial charge in [0.05, 0.1) is 0 Å². The summed E-state index contributed by atoms with van der Waals surface area (Å²) in [7, 11) is 0. The highest BCUT2D eigenvalue weighted by molar-refractivity contribution is 5.95. The van der Waals surface area contributed by atoms with Crippen LogP contribution in [0.5, 0.6) is 0 Å². The van der Waals surface area contributed by atoms with Crippen LogP contribution in [-0.2, 0) is 9.59 Å². The molecular formula is C22H32O2. The molecule has 0 aromatic heterocycles. The Morgan fingerprint density at radius 1 is 0.625 bits per heavy atom. The first-order chi connectivity index (χ1) is 11.7. The first kappa shape index (κ1) is 15.6. The zero-order valence-corrected chi connectivity index (χ0v) is 15.0. The van der Waals surface area contributed by atoms with E-state index in [1.807, 2.05) is 0 Å². The van der Waals surface area contributed by atoms with Gasteiger partial charge >= 0.3 is 0 Å². The average molecular weight is 328 g/mol. The number of rotatable bonds is 0. The van der Waals surface area contributed by atoms with Crippen molar-refractivity contribution in [2.45, 2.75) is 89.9 Å². The van der Waals surface area contributed by atoms with Gasteiger partial charge in [0.25, 0.3) is 0 Å². The summed E-state index contributed by atoms with van der Waals surface area (Å²) in [5.74, 6) is 2.48. The maximum atomic E-state index is 13.1. The van der Waals surface area contributed by atoms with Crippen molar-refractivity contribution in [2.24, 2.45) is 34.5 Å². The van der Waals surface area contributed by atoms with Crippen molar-refractivity contribution in [3.8, 4) is 0 Å². The van der Waals surface area contributed by atoms with Crippen molar-refractivity contribution in [1.29, 1.82) is 0 Å². The van der Waals surface area contributed by atoms with Crippen molar-refractivity contribution in [3.63, 3.8) is 0 Å². The van der Waals surface area contributed by atoms with Gasteiger partial charge in [-0.05, 0) is 48.3 Å². The summed E-state index contributed by atoms with van der Waals surface area (Å²) in [6.07, 6.45) is 17.1. The number of hydrogen-bond donors (Lipinski definition) is 0. The lowest BCUT2D eigenvalue weighted by molar-refractivity contribution is -0.251. The van der Waals surface area contributed by atoms with Gasteiger partial charge in [-0.15, -0.1) is 0 Å². The number of Topliss-reactive ketones (excluding diaryl/α,β-unsaturated/α-hetero) is 2. The third-order valence-corrected chi connectivity index (χ3v) is 8.97. The summed E-state index contributed by atoms with van der Waals surface area (Å²) < 4.78 is 0. The van der Waals surface area contributed by atoms with Gasteiger partial charge in [-0.2, -0.15) is 0 Å². The molecule has 0 saturated heterocycles. The molecule has 0 heterocycles. The van der Waals surface area contributed by atoms with E-state index in [0.717, 1.165) is 12.8 Å². The van der Waals surface area contributed by atoms with E-state index in [4.69, 9.17) is 0 Å². The highest BCUT2D eigenvalue weighted by Crippen LogP contribution is 2.77. The second kappa shape index (κ2) is 5.42. The van der Waals surface area contributed by atoms with Crippen LogP contribution in [0, 0.1) is 34.5 Å². The molecule has 2 heteroatoms. The van der Waals surface area contributed by atoms with Crippen LogP contribution in [0.3, 0.4) is 0 Å². The smallest absolute Gasteiger partial charge is 0.137 e. The zero-order valence-electron chi connectivity index (χ0n) is 15.0. The van der Waals surface area contributed by atoms with E-state index in [0.29, 0.717) is 23.4 Å². The fourth-order valence-electron chi connectivity index (χ4n) is 8.33. The number of carbonyl (C=O) groups is 2. The highest BCUT2D eigenvalue weighted by atomic mass is 16.1. The summed E-state index contributed by atoms with van der Waals surface area (Å²) in [5.41, 5.74) is 0.452. The molecule has 6 unspecified atom stereocenters. The van der Waals surface area contributed by atoms with E-state index in [9.17, 15) is 9.59 Å². The van der Waals surface area contributed by atoms with Crippen LogP contribution < -0.4 is 0 Å². The Hall–Kier alpha value is -0.660. The molecule has 0 N–H and O–H groups in total. The monoisotopic (exact) mass is 328 g/mol. The molecule has 5 fully saturated rings. The van der Waals surface area contributed by atoms with Crippen LogP contribution >= 0.6 is 0 Å². The van der Waals surface area contributed by atoms with Crippen LogP contribution in [0.15, 0.2) is 0 Å².